The van der Waals surface area contributed by atoms with Crippen molar-refractivity contribution in [2.45, 2.75) is 64.1 Å². The van der Waals surface area contributed by atoms with Gasteiger partial charge >= 0.3 is 6.03 Å². The van der Waals surface area contributed by atoms with Crippen molar-refractivity contribution in [3.05, 3.63) is 59.3 Å². The van der Waals surface area contributed by atoms with E-state index >= 15 is 0 Å². The van der Waals surface area contributed by atoms with E-state index in [-0.39, 0.29) is 30.4 Å². The molecule has 41 heavy (non-hydrogen) atoms. The third-order valence-corrected chi connectivity index (χ3v) is 7.98. The molecule has 0 radical (unpaired) electrons. The van der Waals surface area contributed by atoms with E-state index in [1.54, 1.807) is 42.5 Å². The van der Waals surface area contributed by atoms with Gasteiger partial charge in [0.15, 0.2) is 0 Å². The van der Waals surface area contributed by atoms with Crippen molar-refractivity contribution in [2.24, 2.45) is 0 Å². The molecule has 0 bridgehead atoms. The topological polar surface area (TPSA) is 118 Å². The summed E-state index contributed by atoms with van der Waals surface area (Å²) in [7, 11) is 1.56. The van der Waals surface area contributed by atoms with E-state index in [4.69, 9.17) is 21.3 Å². The van der Waals surface area contributed by atoms with Crippen molar-refractivity contribution in [2.75, 3.05) is 31.6 Å². The van der Waals surface area contributed by atoms with Crippen molar-refractivity contribution >= 4 is 29.4 Å². The zero-order valence-corrected chi connectivity index (χ0v) is 24.3. The highest BCUT2D eigenvalue weighted by atomic mass is 35.5. The minimum absolute atomic E-state index is 0.0622. The van der Waals surface area contributed by atoms with Crippen molar-refractivity contribution in [3.63, 3.8) is 0 Å². The number of hydrogen-bond donors (Lipinski definition) is 2. The molecule has 1 aliphatic carbocycles. The Kier molecular flexibility index (Phi) is 9.23. The smallest absolute Gasteiger partial charge is 0.317 e. The van der Waals surface area contributed by atoms with Crippen LogP contribution in [0.2, 0.25) is 5.02 Å². The van der Waals surface area contributed by atoms with Gasteiger partial charge in [-0.05, 0) is 37.5 Å². The average molecular weight is 581 g/mol. The van der Waals surface area contributed by atoms with Crippen LogP contribution in [0.25, 0.3) is 5.95 Å². The Morgan fingerprint density at radius 3 is 2.68 bits per heavy atom. The number of nitrogens with one attached hydrogen (secondary N) is 2. The monoisotopic (exact) mass is 580 g/mol. The number of aromatic nitrogens is 4. The minimum atomic E-state index is -0.273. The van der Waals surface area contributed by atoms with Gasteiger partial charge in [-0.25, -0.2) is 14.8 Å². The quantitative estimate of drug-likeness (QED) is 0.415. The summed E-state index contributed by atoms with van der Waals surface area (Å²) in [5, 5.41) is 6.72. The van der Waals surface area contributed by atoms with Crippen molar-refractivity contribution in [1.82, 2.24) is 35.1 Å². The van der Waals surface area contributed by atoms with E-state index < -0.39 is 0 Å². The van der Waals surface area contributed by atoms with Gasteiger partial charge in [-0.1, -0.05) is 36.9 Å². The molecule has 2 aromatic heterocycles. The van der Waals surface area contributed by atoms with E-state index in [2.05, 4.69) is 25.5 Å². The SMILES string of the molecule is COc1ccc(CNC(=O)CC2CN(C(=O)NC3CCCCC3)CCN2c2cc(C)nc(-n3ccnc3)n2)cc1Cl. The number of urea groups is 1. The van der Waals surface area contributed by atoms with Crippen LogP contribution in [-0.2, 0) is 11.3 Å². The highest BCUT2D eigenvalue weighted by Gasteiger charge is 2.33. The van der Waals surface area contributed by atoms with Crippen LogP contribution in [-0.4, -0.2) is 75.2 Å². The lowest BCUT2D eigenvalue weighted by atomic mass is 9.96. The Bertz CT molecular complexity index is 1350. The highest BCUT2D eigenvalue weighted by molar-refractivity contribution is 6.32. The first kappa shape index (κ1) is 28.7. The van der Waals surface area contributed by atoms with Gasteiger partial charge < -0.3 is 25.2 Å². The third-order valence-electron chi connectivity index (χ3n) is 7.69. The van der Waals surface area contributed by atoms with E-state index in [0.717, 1.165) is 36.9 Å². The van der Waals surface area contributed by atoms with Crippen molar-refractivity contribution in [3.8, 4) is 11.7 Å². The van der Waals surface area contributed by atoms with Crippen molar-refractivity contribution in [1.29, 1.82) is 0 Å². The number of imidazole rings is 1. The molecule has 1 aromatic carbocycles. The Hall–Kier alpha value is -3.86. The maximum absolute atomic E-state index is 13.2. The number of carbonyl (C=O) groups excluding carboxylic acids is 2. The number of piperazine rings is 1. The van der Waals surface area contributed by atoms with Gasteiger partial charge in [0.2, 0.25) is 11.9 Å². The molecule has 3 amide bonds. The highest BCUT2D eigenvalue weighted by Crippen LogP contribution is 2.26. The zero-order chi connectivity index (χ0) is 28.8. The molecule has 1 saturated carbocycles. The molecule has 11 nitrogen and oxygen atoms in total. The summed E-state index contributed by atoms with van der Waals surface area (Å²) in [6, 6.07) is 7.24. The number of rotatable bonds is 8. The van der Waals surface area contributed by atoms with Crippen LogP contribution < -0.4 is 20.3 Å². The summed E-state index contributed by atoms with van der Waals surface area (Å²) in [5.41, 5.74) is 1.67. The summed E-state index contributed by atoms with van der Waals surface area (Å²) >= 11 is 6.26. The lowest BCUT2D eigenvalue weighted by molar-refractivity contribution is -0.121. The number of aryl methyl sites for hydroxylation is 1. The lowest BCUT2D eigenvalue weighted by Gasteiger charge is -2.42. The van der Waals surface area contributed by atoms with Gasteiger partial charge in [-0.3, -0.25) is 9.36 Å². The zero-order valence-electron chi connectivity index (χ0n) is 23.6. The minimum Gasteiger partial charge on any atom is -0.495 e. The third kappa shape index (κ3) is 7.27. The van der Waals surface area contributed by atoms with Gasteiger partial charge in [-0.2, -0.15) is 4.98 Å². The van der Waals surface area contributed by atoms with Gasteiger partial charge in [0.25, 0.3) is 0 Å². The Morgan fingerprint density at radius 2 is 1.95 bits per heavy atom. The number of benzene rings is 1. The molecule has 1 saturated heterocycles. The molecule has 2 aliphatic rings. The van der Waals surface area contributed by atoms with Gasteiger partial charge in [0, 0.05) is 62.8 Å². The molecule has 3 aromatic rings. The Morgan fingerprint density at radius 1 is 1.12 bits per heavy atom. The van der Waals surface area contributed by atoms with Crippen LogP contribution >= 0.6 is 11.6 Å². The number of amides is 3. The summed E-state index contributed by atoms with van der Waals surface area (Å²) < 4.78 is 6.98. The first-order valence-corrected chi connectivity index (χ1v) is 14.5. The number of methoxy groups -OCH3 is 1. The number of hydrogen-bond acceptors (Lipinski definition) is 7. The fourth-order valence-electron chi connectivity index (χ4n) is 5.51. The number of nitrogens with zero attached hydrogens (tertiary/aromatic N) is 6. The van der Waals surface area contributed by atoms with Crippen LogP contribution in [0.15, 0.2) is 43.0 Å². The van der Waals surface area contributed by atoms with Crippen LogP contribution in [0.1, 0.15) is 49.8 Å². The average Bonchev–Trinajstić information content (AvgIpc) is 3.52. The second-order valence-electron chi connectivity index (χ2n) is 10.7. The number of ether oxygens (including phenoxy) is 1. The second-order valence-corrected chi connectivity index (χ2v) is 11.1. The summed E-state index contributed by atoms with van der Waals surface area (Å²) in [4.78, 5) is 43.9. The molecule has 1 atom stereocenters. The first-order valence-electron chi connectivity index (χ1n) is 14.1. The van der Waals surface area contributed by atoms with E-state index in [0.29, 0.717) is 48.7 Å². The molecule has 5 rings (SSSR count). The van der Waals surface area contributed by atoms with Crippen LogP contribution in [0, 0.1) is 6.92 Å². The molecule has 2 fully saturated rings. The molecule has 3 heterocycles. The molecule has 1 aliphatic heterocycles. The standard InChI is InChI=1S/C29H37ClN8O3/c1-20-14-26(35-28(33-20)37-11-10-31-19-37)38-13-12-36(29(40)34-22-6-4-3-5-7-22)18-23(38)16-27(39)32-17-21-8-9-25(41-2)24(30)15-21/h8-11,14-15,19,22-23H,3-7,12-13,16-18H2,1-2H3,(H,32,39)(H,34,40). The Balaban J connectivity index is 1.31. The van der Waals surface area contributed by atoms with Crippen LogP contribution in [0.5, 0.6) is 5.75 Å². The first-order chi connectivity index (χ1) is 19.9. The van der Waals surface area contributed by atoms with E-state index in [1.165, 1.54) is 6.42 Å². The summed E-state index contributed by atoms with van der Waals surface area (Å²) in [5.74, 6) is 1.69. The Labute approximate surface area is 245 Å². The van der Waals surface area contributed by atoms with Crippen LogP contribution in [0.4, 0.5) is 10.6 Å². The maximum Gasteiger partial charge on any atom is 0.317 e. The predicted octanol–water partition coefficient (Wildman–Crippen LogP) is 3.87. The number of halogens is 1. The fourth-order valence-corrected chi connectivity index (χ4v) is 5.79. The predicted molar refractivity (Wildman–Crippen MR) is 156 cm³/mol. The molecule has 2 N–H and O–H groups in total. The van der Waals surface area contributed by atoms with Gasteiger partial charge in [0.1, 0.15) is 17.9 Å². The normalized spacial score (nSPS) is 17.8. The second kappa shape index (κ2) is 13.2. The fraction of sp³-hybridized carbons (Fsp3) is 0.483. The van der Waals surface area contributed by atoms with E-state index in [1.807, 2.05) is 24.0 Å². The van der Waals surface area contributed by atoms with Crippen molar-refractivity contribution < 1.29 is 14.3 Å². The number of anilines is 1. The molecular formula is C29H37ClN8O3. The van der Waals surface area contributed by atoms with Crippen LogP contribution in [0.3, 0.4) is 0 Å². The summed E-state index contributed by atoms with van der Waals surface area (Å²) in [6.45, 7) is 3.73. The van der Waals surface area contributed by atoms with E-state index in [9.17, 15) is 9.59 Å². The van der Waals surface area contributed by atoms with Gasteiger partial charge in [0.05, 0.1) is 18.2 Å². The molecule has 0 spiro atoms. The maximum atomic E-state index is 13.2. The molecule has 218 valence electrons. The lowest BCUT2D eigenvalue weighted by Crippen LogP contribution is -2.59. The largest absolute Gasteiger partial charge is 0.495 e. The van der Waals surface area contributed by atoms with Gasteiger partial charge in [-0.15, -0.1) is 0 Å². The molecule has 12 heteroatoms. The summed E-state index contributed by atoms with van der Waals surface area (Å²) in [6.07, 6.45) is 10.9. The molecule has 1 unspecified atom stereocenters. The number of carbonyl (C=O) groups is 2. The molecular weight excluding hydrogens is 544 g/mol.